The van der Waals surface area contributed by atoms with E-state index in [1.54, 1.807) is 66.7 Å². The van der Waals surface area contributed by atoms with Crippen molar-refractivity contribution in [3.05, 3.63) is 107 Å². The minimum Gasteiger partial charge on any atom is -0.454 e. The third-order valence-corrected chi connectivity index (χ3v) is 7.02. The van der Waals surface area contributed by atoms with Crippen molar-refractivity contribution in [1.29, 1.82) is 0 Å². The van der Waals surface area contributed by atoms with Crippen LogP contribution in [0.5, 0.6) is 0 Å². The summed E-state index contributed by atoms with van der Waals surface area (Å²) in [6, 6.07) is 21.0. The molecule has 1 heterocycles. The van der Waals surface area contributed by atoms with Crippen LogP contribution in [0.3, 0.4) is 0 Å². The monoisotopic (exact) mass is 522 g/mol. The minimum absolute atomic E-state index is 0.197. The van der Waals surface area contributed by atoms with Crippen molar-refractivity contribution in [3.8, 4) is 0 Å². The summed E-state index contributed by atoms with van der Waals surface area (Å²) in [4.78, 5) is 64.2. The Balaban J connectivity index is 1.17. The van der Waals surface area contributed by atoms with E-state index in [0.717, 1.165) is 5.57 Å². The lowest BCUT2D eigenvalue weighted by Gasteiger charge is -2.18. The van der Waals surface area contributed by atoms with E-state index in [1.807, 2.05) is 13.0 Å². The SMILES string of the molecule is CC1=CC[C@@H]2C(=O)N(c3ccc(C(=O)Nc4ccc(C(=O)OCC(=O)c5ccccc5)cc4)cc3)C(=O)[C@H]2C1. The number of Topliss-reactive ketones (excluding diaryl/α,β-unsaturated/α-hetero) is 1. The number of imide groups is 1. The van der Waals surface area contributed by atoms with E-state index < -0.39 is 11.9 Å². The Kier molecular flexibility index (Phi) is 7.19. The number of carbonyl (C=O) groups excluding carboxylic acids is 5. The maximum absolute atomic E-state index is 12.9. The van der Waals surface area contributed by atoms with Crippen molar-refractivity contribution in [2.24, 2.45) is 11.8 Å². The highest BCUT2D eigenvalue weighted by Gasteiger charge is 2.48. The number of nitrogens with zero attached hydrogens (tertiary/aromatic N) is 1. The van der Waals surface area contributed by atoms with Gasteiger partial charge in [0.1, 0.15) is 0 Å². The molecule has 3 aromatic rings. The Morgan fingerprint density at radius 3 is 2.15 bits per heavy atom. The summed E-state index contributed by atoms with van der Waals surface area (Å²) in [6.07, 6.45) is 3.18. The van der Waals surface area contributed by atoms with E-state index in [9.17, 15) is 24.0 Å². The van der Waals surface area contributed by atoms with Gasteiger partial charge in [0.05, 0.1) is 23.1 Å². The number of esters is 1. The molecule has 1 aliphatic carbocycles. The number of nitrogens with one attached hydrogen (secondary N) is 1. The van der Waals surface area contributed by atoms with Gasteiger partial charge in [-0.3, -0.25) is 24.1 Å². The fraction of sp³-hybridized carbons (Fsp3) is 0.194. The number of hydrogen-bond acceptors (Lipinski definition) is 6. The van der Waals surface area contributed by atoms with Gasteiger partial charge in [-0.2, -0.15) is 0 Å². The fourth-order valence-corrected chi connectivity index (χ4v) is 4.87. The van der Waals surface area contributed by atoms with Gasteiger partial charge in [0, 0.05) is 16.8 Å². The molecule has 1 aliphatic heterocycles. The zero-order valence-corrected chi connectivity index (χ0v) is 21.3. The molecule has 5 rings (SSSR count). The molecule has 1 fully saturated rings. The number of anilines is 2. The van der Waals surface area contributed by atoms with Crippen LogP contribution in [-0.4, -0.2) is 36.1 Å². The largest absolute Gasteiger partial charge is 0.454 e. The van der Waals surface area contributed by atoms with Crippen molar-refractivity contribution in [2.45, 2.75) is 19.8 Å². The molecule has 196 valence electrons. The predicted molar refractivity (Wildman–Crippen MR) is 144 cm³/mol. The third-order valence-electron chi connectivity index (χ3n) is 7.02. The lowest BCUT2D eigenvalue weighted by atomic mass is 9.82. The first-order valence-corrected chi connectivity index (χ1v) is 12.6. The molecule has 39 heavy (non-hydrogen) atoms. The van der Waals surface area contributed by atoms with E-state index in [-0.39, 0.29) is 41.6 Å². The summed E-state index contributed by atoms with van der Waals surface area (Å²) in [5.41, 5.74) is 3.06. The van der Waals surface area contributed by atoms with E-state index in [2.05, 4.69) is 5.32 Å². The smallest absolute Gasteiger partial charge is 0.338 e. The number of allylic oxidation sites excluding steroid dienone is 2. The molecule has 3 amide bonds. The first-order chi connectivity index (χ1) is 18.8. The van der Waals surface area contributed by atoms with Gasteiger partial charge in [0.2, 0.25) is 11.8 Å². The first kappa shape index (κ1) is 25.8. The number of hydrogen-bond donors (Lipinski definition) is 1. The minimum atomic E-state index is -0.649. The topological polar surface area (TPSA) is 110 Å². The van der Waals surface area contributed by atoms with E-state index in [4.69, 9.17) is 4.74 Å². The van der Waals surface area contributed by atoms with Crippen molar-refractivity contribution < 1.29 is 28.7 Å². The van der Waals surface area contributed by atoms with Crippen LogP contribution >= 0.6 is 0 Å². The Morgan fingerprint density at radius 1 is 0.821 bits per heavy atom. The molecule has 2 aliphatic rings. The van der Waals surface area contributed by atoms with Crippen molar-refractivity contribution in [3.63, 3.8) is 0 Å². The van der Waals surface area contributed by atoms with Crippen molar-refractivity contribution in [2.75, 3.05) is 16.8 Å². The zero-order chi connectivity index (χ0) is 27.5. The van der Waals surface area contributed by atoms with Gasteiger partial charge in [-0.1, -0.05) is 42.0 Å². The van der Waals surface area contributed by atoms with Crippen LogP contribution in [0.1, 0.15) is 50.8 Å². The van der Waals surface area contributed by atoms with Crippen LogP contribution in [0.4, 0.5) is 11.4 Å². The molecule has 1 N–H and O–H groups in total. The summed E-state index contributed by atoms with van der Waals surface area (Å²) >= 11 is 0. The molecule has 8 heteroatoms. The van der Waals surface area contributed by atoms with Crippen molar-refractivity contribution >= 4 is 40.8 Å². The average Bonchev–Trinajstić information content (AvgIpc) is 3.21. The third kappa shape index (κ3) is 5.40. The average molecular weight is 523 g/mol. The second kappa shape index (κ2) is 10.9. The summed E-state index contributed by atoms with van der Waals surface area (Å²) < 4.78 is 5.11. The number of ether oxygens (including phenoxy) is 1. The number of ketones is 1. The van der Waals surface area contributed by atoms with Gasteiger partial charge in [0.25, 0.3) is 5.91 Å². The standard InChI is InChI=1S/C31H26N2O6/c1-19-7-16-25-26(17-19)30(37)33(29(25)36)24-14-10-21(11-15-24)28(35)32-23-12-8-22(9-13-23)31(38)39-18-27(34)20-5-3-2-4-6-20/h2-15,25-26H,16-18H2,1H3,(H,32,35)/t25-,26-/m0/s1. The molecule has 1 saturated heterocycles. The molecule has 0 radical (unpaired) electrons. The number of carbonyl (C=O) groups is 5. The zero-order valence-electron chi connectivity index (χ0n) is 21.3. The van der Waals surface area contributed by atoms with Crippen LogP contribution in [0, 0.1) is 11.8 Å². The summed E-state index contributed by atoms with van der Waals surface area (Å²) in [5.74, 6) is -2.39. The summed E-state index contributed by atoms with van der Waals surface area (Å²) in [6.45, 7) is 1.60. The number of benzene rings is 3. The van der Waals surface area contributed by atoms with Crippen LogP contribution in [-0.2, 0) is 14.3 Å². The maximum Gasteiger partial charge on any atom is 0.338 e. The summed E-state index contributed by atoms with van der Waals surface area (Å²) in [7, 11) is 0. The Hall–Kier alpha value is -4.85. The Bertz CT molecular complexity index is 1480. The molecule has 2 atom stereocenters. The summed E-state index contributed by atoms with van der Waals surface area (Å²) in [5, 5.41) is 2.75. The molecule has 0 unspecified atom stereocenters. The van der Waals surface area contributed by atoms with Gasteiger partial charge in [-0.25, -0.2) is 4.79 Å². The van der Waals surface area contributed by atoms with E-state index in [0.29, 0.717) is 35.3 Å². The number of amides is 3. The molecule has 0 aromatic heterocycles. The fourth-order valence-electron chi connectivity index (χ4n) is 4.87. The lowest BCUT2D eigenvalue weighted by molar-refractivity contribution is -0.122. The van der Waals surface area contributed by atoms with E-state index in [1.165, 1.54) is 17.0 Å². The van der Waals surface area contributed by atoms with Gasteiger partial charge in [-0.05, 0) is 68.3 Å². The molecular weight excluding hydrogens is 496 g/mol. The van der Waals surface area contributed by atoms with Gasteiger partial charge in [0.15, 0.2) is 12.4 Å². The second-order valence-electron chi connectivity index (χ2n) is 9.66. The van der Waals surface area contributed by atoms with Gasteiger partial charge in [-0.15, -0.1) is 0 Å². The highest BCUT2D eigenvalue weighted by atomic mass is 16.5. The highest BCUT2D eigenvalue weighted by Crippen LogP contribution is 2.39. The van der Waals surface area contributed by atoms with Crippen LogP contribution in [0.15, 0.2) is 90.5 Å². The van der Waals surface area contributed by atoms with E-state index >= 15 is 0 Å². The van der Waals surface area contributed by atoms with Gasteiger partial charge < -0.3 is 10.1 Å². The predicted octanol–water partition coefficient (Wildman–Crippen LogP) is 4.82. The first-order valence-electron chi connectivity index (χ1n) is 12.6. The van der Waals surface area contributed by atoms with Crippen LogP contribution in [0.2, 0.25) is 0 Å². The lowest BCUT2D eigenvalue weighted by Crippen LogP contribution is -2.30. The van der Waals surface area contributed by atoms with Crippen molar-refractivity contribution in [1.82, 2.24) is 0 Å². The molecule has 8 nitrogen and oxygen atoms in total. The van der Waals surface area contributed by atoms with Crippen LogP contribution in [0.25, 0.3) is 0 Å². The molecule has 0 spiro atoms. The van der Waals surface area contributed by atoms with Crippen LogP contribution < -0.4 is 10.2 Å². The second-order valence-corrected chi connectivity index (χ2v) is 9.66. The normalized spacial score (nSPS) is 18.3. The number of rotatable bonds is 7. The Labute approximate surface area is 225 Å². The molecule has 0 bridgehead atoms. The number of fused-ring (bicyclic) bond motifs is 1. The molecule has 0 saturated carbocycles. The Morgan fingerprint density at radius 2 is 1.46 bits per heavy atom. The molecule has 3 aromatic carbocycles. The maximum atomic E-state index is 12.9. The molecular formula is C31H26N2O6. The highest BCUT2D eigenvalue weighted by molar-refractivity contribution is 6.22. The van der Waals surface area contributed by atoms with Gasteiger partial charge >= 0.3 is 5.97 Å². The quantitative estimate of drug-likeness (QED) is 0.206.